The summed E-state index contributed by atoms with van der Waals surface area (Å²) in [6, 6.07) is 0. The van der Waals surface area contributed by atoms with Crippen molar-refractivity contribution in [3.8, 4) is 0 Å². The van der Waals surface area contributed by atoms with E-state index in [2.05, 4.69) is 233 Å². The van der Waals surface area contributed by atoms with E-state index in [0.717, 1.165) is 173 Å². The Bertz CT molecular complexity index is 2510. The van der Waals surface area contributed by atoms with E-state index < -0.39 is 24.3 Å². The maximum absolute atomic E-state index is 13.0. The van der Waals surface area contributed by atoms with Crippen LogP contribution in [0.25, 0.3) is 0 Å². The first-order valence-electron chi connectivity index (χ1n) is 40.9. The fraction of sp³-hybridized carbons (Fsp3) is 0.585. The molecule has 0 radical (unpaired) electrons. The topological polar surface area (TPSA) is 111 Å². The Morgan fingerprint density at radius 1 is 0.291 bits per heavy atom. The zero-order valence-corrected chi connectivity index (χ0v) is 66.1. The third-order valence-electron chi connectivity index (χ3n) is 16.7. The van der Waals surface area contributed by atoms with Crippen LogP contribution in [0.15, 0.2) is 219 Å². The lowest BCUT2D eigenvalue weighted by Crippen LogP contribution is -2.44. The van der Waals surface area contributed by atoms with Gasteiger partial charge in [-0.05, 0) is 154 Å². The van der Waals surface area contributed by atoms with Crippen molar-refractivity contribution < 1.29 is 42.9 Å². The number of nitrogens with zero attached hydrogens (tertiary/aromatic N) is 1. The molecule has 2 unspecified atom stereocenters. The van der Waals surface area contributed by atoms with Gasteiger partial charge in [0.25, 0.3) is 0 Å². The summed E-state index contributed by atoms with van der Waals surface area (Å²) >= 11 is 0. The van der Waals surface area contributed by atoms with Crippen molar-refractivity contribution in [2.45, 2.75) is 309 Å². The molecule has 0 aromatic carbocycles. The number of carboxylic acids is 1. The maximum Gasteiger partial charge on any atom is 0.306 e. The average molecular weight is 1420 g/mol. The molecule has 0 aromatic heterocycles. The van der Waals surface area contributed by atoms with Crippen LogP contribution in [0.3, 0.4) is 0 Å². The summed E-state index contributed by atoms with van der Waals surface area (Å²) in [5, 5.41) is 11.9. The molecule has 0 N–H and O–H groups in total. The van der Waals surface area contributed by atoms with E-state index in [1.165, 1.54) is 89.9 Å². The molecule has 0 aliphatic heterocycles. The standard InChI is InChI=1S/C94H149NO8/c1-6-8-10-12-14-16-18-20-22-24-26-28-30-32-34-36-38-40-42-44-46-48-50-52-54-56-58-60-62-64-66-68-70-72-74-76-78-80-82-84-91(96)101-88-90(89-102-94(93(98)99)100-87-86-95(3,4)5)103-92(97)85-83-81-79-77-75-73-71-69-67-65-63-61-59-57-55-53-51-49-47-45-43-41-39-37-35-33-31-29-27-25-23-21-19-17-15-13-11-9-7-2/h8-11,14-17,20-23,26-29,32-35,38-41,44-47,50-53,56-59,90,94H,6-7,12-13,18-19,24-25,30-31,36-37,42-43,48-49,54-55,60-89H2,1-5H3/b10-8-,11-9-,16-14-,17-15-,22-20-,23-21-,28-26-,29-27-,34-32-,35-33-,40-38-,41-39-,46-44-,47-45-,52-50-,53-51-,58-56-,59-57-. The van der Waals surface area contributed by atoms with Gasteiger partial charge >= 0.3 is 11.9 Å². The van der Waals surface area contributed by atoms with Gasteiger partial charge in [0.2, 0.25) is 0 Å². The summed E-state index contributed by atoms with van der Waals surface area (Å²) in [5.41, 5.74) is 0. The van der Waals surface area contributed by atoms with E-state index in [9.17, 15) is 19.5 Å². The number of carbonyl (C=O) groups excluding carboxylic acids is 3. The first-order valence-corrected chi connectivity index (χ1v) is 40.9. The van der Waals surface area contributed by atoms with Gasteiger partial charge in [-0.3, -0.25) is 9.59 Å². The highest BCUT2D eigenvalue weighted by Gasteiger charge is 2.22. The van der Waals surface area contributed by atoms with Crippen molar-refractivity contribution in [3.05, 3.63) is 219 Å². The summed E-state index contributed by atoms with van der Waals surface area (Å²) in [5.74, 6) is -2.30. The molecule has 0 saturated heterocycles. The molecule has 103 heavy (non-hydrogen) atoms. The van der Waals surface area contributed by atoms with Crippen molar-refractivity contribution >= 4 is 17.9 Å². The molecule has 0 aliphatic rings. The van der Waals surface area contributed by atoms with Crippen LogP contribution in [-0.4, -0.2) is 82.3 Å². The number of hydrogen-bond donors (Lipinski definition) is 0. The number of carbonyl (C=O) groups is 3. The highest BCUT2D eigenvalue weighted by Crippen LogP contribution is 2.17. The van der Waals surface area contributed by atoms with Crippen molar-refractivity contribution in [3.63, 3.8) is 0 Å². The number of unbranched alkanes of at least 4 members (excludes halogenated alkanes) is 22. The van der Waals surface area contributed by atoms with Gasteiger partial charge in [0.1, 0.15) is 13.2 Å². The van der Waals surface area contributed by atoms with Gasteiger partial charge < -0.3 is 33.3 Å². The number of aliphatic carboxylic acids is 1. The van der Waals surface area contributed by atoms with E-state index in [1.807, 2.05) is 21.1 Å². The molecule has 0 aliphatic carbocycles. The number of likely N-dealkylation sites (N-methyl/N-ethyl adjacent to an activating group) is 1. The molecule has 9 nitrogen and oxygen atoms in total. The summed E-state index contributed by atoms with van der Waals surface area (Å²) in [4.78, 5) is 37.6. The smallest absolute Gasteiger partial charge is 0.306 e. The molecule has 0 fully saturated rings. The fourth-order valence-electron chi connectivity index (χ4n) is 10.6. The third-order valence-corrected chi connectivity index (χ3v) is 16.7. The summed E-state index contributed by atoms with van der Waals surface area (Å²) in [6.07, 6.45) is 125. The lowest BCUT2D eigenvalue weighted by Gasteiger charge is -2.26. The maximum atomic E-state index is 13.0. The molecule has 0 rings (SSSR count). The number of allylic oxidation sites excluding steroid dienone is 36. The van der Waals surface area contributed by atoms with Crippen LogP contribution in [0.4, 0.5) is 0 Å². The Balaban J connectivity index is 4.13. The number of ether oxygens (including phenoxy) is 4. The predicted octanol–water partition coefficient (Wildman–Crippen LogP) is 25.5. The van der Waals surface area contributed by atoms with Gasteiger partial charge in [0.05, 0.1) is 40.3 Å². The molecule has 578 valence electrons. The Hall–Kier alpha value is -6.39. The molecule has 2 atom stereocenters. The zero-order chi connectivity index (χ0) is 74.6. The quantitative estimate of drug-likeness (QED) is 0.0195. The summed E-state index contributed by atoms with van der Waals surface area (Å²) < 4.78 is 22.8. The molecule has 0 bridgehead atoms. The number of rotatable bonds is 73. The molecule has 9 heteroatoms. The predicted molar refractivity (Wildman–Crippen MR) is 443 cm³/mol. The van der Waals surface area contributed by atoms with E-state index in [1.54, 1.807) is 0 Å². The average Bonchev–Trinajstić information content (AvgIpc) is 1.06. The molecule has 0 saturated carbocycles. The second-order valence-corrected chi connectivity index (χ2v) is 27.6. The molecule has 0 amide bonds. The Kier molecular flexibility index (Phi) is 76.2. The molecular weight excluding hydrogens is 1270 g/mol. The number of hydrogen-bond acceptors (Lipinski definition) is 8. The summed E-state index contributed by atoms with van der Waals surface area (Å²) in [6.45, 7) is 4.50. The van der Waals surface area contributed by atoms with Crippen LogP contribution in [0.1, 0.15) is 296 Å². The van der Waals surface area contributed by atoms with Crippen LogP contribution in [0.5, 0.6) is 0 Å². The minimum Gasteiger partial charge on any atom is -0.545 e. The minimum absolute atomic E-state index is 0.137. The van der Waals surface area contributed by atoms with Gasteiger partial charge in [-0.15, -0.1) is 0 Å². The van der Waals surface area contributed by atoms with Crippen LogP contribution < -0.4 is 5.11 Å². The van der Waals surface area contributed by atoms with Gasteiger partial charge in [-0.25, -0.2) is 0 Å². The van der Waals surface area contributed by atoms with E-state index in [0.29, 0.717) is 17.4 Å². The van der Waals surface area contributed by atoms with Crippen LogP contribution >= 0.6 is 0 Å². The highest BCUT2D eigenvalue weighted by atomic mass is 16.7. The molecule has 0 aromatic rings. The SMILES string of the molecule is CC/C=C\C/C=C\C/C=C\C/C=C\C/C=C\C/C=C\C/C=C\C/C=C\C/C=C\CCCCCCCCCCCCCC(=O)OCC(COC(OCC[N+](C)(C)C)C(=O)[O-])OC(=O)CCCCCCCCCCCCC/C=C\C/C=C\C/C=C\C/C=C\C/C=C\C/C=C\C/C=C\C/C=C\C/C=C\CC. The van der Waals surface area contributed by atoms with Gasteiger partial charge in [0, 0.05) is 12.8 Å². The van der Waals surface area contributed by atoms with E-state index in [-0.39, 0.29) is 38.6 Å². The third kappa shape index (κ3) is 82.8. The zero-order valence-electron chi connectivity index (χ0n) is 66.1. The fourth-order valence-corrected chi connectivity index (χ4v) is 10.6. The Morgan fingerprint density at radius 2 is 0.524 bits per heavy atom. The highest BCUT2D eigenvalue weighted by molar-refractivity contribution is 5.70. The van der Waals surface area contributed by atoms with Crippen LogP contribution in [-0.2, 0) is 33.3 Å². The van der Waals surface area contributed by atoms with E-state index >= 15 is 0 Å². The van der Waals surface area contributed by atoms with Crippen molar-refractivity contribution in [1.29, 1.82) is 0 Å². The number of quaternary nitrogens is 1. The van der Waals surface area contributed by atoms with Crippen molar-refractivity contribution in [1.82, 2.24) is 0 Å². The lowest BCUT2D eigenvalue weighted by molar-refractivity contribution is -0.870. The first-order chi connectivity index (χ1) is 50.6. The molecular formula is C94H149NO8. The second kappa shape index (κ2) is 81.3. The normalized spacial score (nSPS) is 13.8. The number of carboxylic acid groups (broad SMARTS) is 1. The Labute approximate surface area is 632 Å². The lowest BCUT2D eigenvalue weighted by atomic mass is 10.0. The largest absolute Gasteiger partial charge is 0.545 e. The Morgan fingerprint density at radius 3 is 0.777 bits per heavy atom. The number of esters is 2. The van der Waals surface area contributed by atoms with Gasteiger partial charge in [-0.1, -0.05) is 348 Å². The second-order valence-electron chi connectivity index (χ2n) is 27.6. The van der Waals surface area contributed by atoms with Gasteiger partial charge in [-0.2, -0.15) is 0 Å². The molecule has 0 heterocycles. The molecule has 0 spiro atoms. The monoisotopic (exact) mass is 1420 g/mol. The van der Waals surface area contributed by atoms with Gasteiger partial charge in [0.15, 0.2) is 12.4 Å². The minimum atomic E-state index is -1.64. The first kappa shape index (κ1) is 96.6. The van der Waals surface area contributed by atoms with E-state index in [4.69, 9.17) is 18.9 Å². The summed E-state index contributed by atoms with van der Waals surface area (Å²) in [7, 11) is 5.92. The van der Waals surface area contributed by atoms with Crippen LogP contribution in [0.2, 0.25) is 0 Å². The van der Waals surface area contributed by atoms with Crippen molar-refractivity contribution in [2.24, 2.45) is 0 Å². The van der Waals surface area contributed by atoms with Crippen LogP contribution in [0, 0.1) is 0 Å². The van der Waals surface area contributed by atoms with Crippen molar-refractivity contribution in [2.75, 3.05) is 47.5 Å².